The summed E-state index contributed by atoms with van der Waals surface area (Å²) in [5.41, 5.74) is 13.0. The fourth-order valence-electron chi connectivity index (χ4n) is 3.15. The highest BCUT2D eigenvalue weighted by Gasteiger charge is 2.22. The molecular formula is C16H24N8. The number of rotatable bonds is 5. The van der Waals surface area contributed by atoms with Crippen LogP contribution in [-0.4, -0.2) is 38.5 Å². The second kappa shape index (κ2) is 6.86. The van der Waals surface area contributed by atoms with E-state index in [1.165, 1.54) is 4.68 Å². The predicted molar refractivity (Wildman–Crippen MR) is 95.6 cm³/mol. The van der Waals surface area contributed by atoms with Crippen molar-refractivity contribution in [2.45, 2.75) is 32.6 Å². The minimum Gasteiger partial charge on any atom is -0.368 e. The number of hydrogen-bond acceptors (Lipinski definition) is 7. The van der Waals surface area contributed by atoms with E-state index in [-0.39, 0.29) is 11.9 Å². The first kappa shape index (κ1) is 16.2. The molecule has 0 radical (unpaired) electrons. The van der Waals surface area contributed by atoms with Gasteiger partial charge in [0.1, 0.15) is 5.82 Å². The Kier molecular flexibility index (Phi) is 4.64. The summed E-state index contributed by atoms with van der Waals surface area (Å²) in [4.78, 5) is 10.7. The maximum absolute atomic E-state index is 8.13. The highest BCUT2D eigenvalue weighted by Crippen LogP contribution is 2.24. The zero-order chi connectivity index (χ0) is 17.1. The predicted octanol–water partition coefficient (Wildman–Crippen LogP) is 1.86. The van der Waals surface area contributed by atoms with Crippen LogP contribution in [0.1, 0.15) is 32.6 Å². The molecule has 0 saturated carbocycles. The van der Waals surface area contributed by atoms with Gasteiger partial charge in [0.05, 0.1) is 11.9 Å². The first-order valence-electron chi connectivity index (χ1n) is 8.35. The molecule has 0 amide bonds. The van der Waals surface area contributed by atoms with E-state index in [0.717, 1.165) is 56.0 Å². The van der Waals surface area contributed by atoms with Crippen LogP contribution < -0.4 is 16.4 Å². The van der Waals surface area contributed by atoms with Crippen molar-refractivity contribution in [2.75, 3.05) is 29.5 Å². The largest absolute Gasteiger partial charge is 0.368 e. The van der Waals surface area contributed by atoms with Crippen LogP contribution in [0.5, 0.6) is 0 Å². The molecule has 2 aromatic rings. The summed E-state index contributed by atoms with van der Waals surface area (Å²) < 4.78 is 1.48. The second-order valence-electron chi connectivity index (χ2n) is 6.15. The molecule has 0 bridgehead atoms. The SMILES string of the molecule is CCCC(=N)C1CCN(c2ccc(-n3nc(N)nc3N)cn2)CC1. The number of pyridine rings is 1. The normalized spacial score (nSPS) is 15.6. The van der Waals surface area contributed by atoms with E-state index in [1.54, 1.807) is 6.20 Å². The number of hydrogen-bond donors (Lipinski definition) is 3. The summed E-state index contributed by atoms with van der Waals surface area (Å²) in [6, 6.07) is 3.88. The summed E-state index contributed by atoms with van der Waals surface area (Å²) in [5.74, 6) is 1.76. The van der Waals surface area contributed by atoms with Gasteiger partial charge in [-0.2, -0.15) is 9.67 Å². The van der Waals surface area contributed by atoms with Gasteiger partial charge in [0.15, 0.2) is 0 Å². The van der Waals surface area contributed by atoms with Gasteiger partial charge in [-0.3, -0.25) is 0 Å². The van der Waals surface area contributed by atoms with Crippen molar-refractivity contribution in [1.82, 2.24) is 19.7 Å². The number of anilines is 3. The van der Waals surface area contributed by atoms with Gasteiger partial charge in [0.2, 0.25) is 11.9 Å². The maximum atomic E-state index is 8.13. The second-order valence-corrected chi connectivity index (χ2v) is 6.15. The zero-order valence-corrected chi connectivity index (χ0v) is 13.9. The summed E-state index contributed by atoms with van der Waals surface area (Å²) in [6.45, 7) is 3.99. The topological polar surface area (TPSA) is 123 Å². The summed E-state index contributed by atoms with van der Waals surface area (Å²) in [6.07, 6.45) is 5.74. The van der Waals surface area contributed by atoms with Crippen molar-refractivity contribution >= 4 is 23.4 Å². The van der Waals surface area contributed by atoms with Gasteiger partial charge in [-0.25, -0.2) is 4.98 Å². The standard InChI is InChI=1S/C16H24N8/c1-2-3-13(17)11-6-8-23(9-7-11)14-5-4-12(10-20-14)24-16(19)21-15(18)22-24/h4-5,10-11,17H,2-3,6-9H2,1H3,(H4,18,19,21,22). The lowest BCUT2D eigenvalue weighted by Gasteiger charge is -2.33. The monoisotopic (exact) mass is 328 g/mol. The van der Waals surface area contributed by atoms with Gasteiger partial charge >= 0.3 is 0 Å². The molecular weight excluding hydrogens is 304 g/mol. The number of nitrogens with one attached hydrogen (secondary N) is 1. The van der Waals surface area contributed by atoms with E-state index in [1.807, 2.05) is 12.1 Å². The van der Waals surface area contributed by atoms with Crippen molar-refractivity contribution in [2.24, 2.45) is 5.92 Å². The highest BCUT2D eigenvalue weighted by atomic mass is 15.4. The van der Waals surface area contributed by atoms with Crippen LogP contribution in [0, 0.1) is 11.3 Å². The Hall–Kier alpha value is -2.64. The fourth-order valence-corrected chi connectivity index (χ4v) is 3.15. The molecule has 0 atom stereocenters. The van der Waals surface area contributed by atoms with Gasteiger partial charge in [-0.1, -0.05) is 13.3 Å². The molecule has 8 nitrogen and oxygen atoms in total. The molecule has 1 fully saturated rings. The van der Waals surface area contributed by atoms with Gasteiger partial charge < -0.3 is 21.8 Å². The Labute approximate surface area is 141 Å². The number of nitrogens with zero attached hydrogens (tertiary/aromatic N) is 5. The Bertz CT molecular complexity index is 697. The molecule has 0 spiro atoms. The van der Waals surface area contributed by atoms with Crippen LogP contribution in [0.2, 0.25) is 0 Å². The van der Waals surface area contributed by atoms with Gasteiger partial charge in [0, 0.05) is 18.8 Å². The molecule has 1 aliphatic heterocycles. The summed E-state index contributed by atoms with van der Waals surface area (Å²) in [5, 5.41) is 12.2. The Morgan fingerprint density at radius 1 is 1.29 bits per heavy atom. The van der Waals surface area contributed by atoms with Crippen LogP contribution >= 0.6 is 0 Å². The molecule has 2 aromatic heterocycles. The Balaban J connectivity index is 1.65. The van der Waals surface area contributed by atoms with Crippen LogP contribution in [-0.2, 0) is 0 Å². The Morgan fingerprint density at radius 2 is 2.04 bits per heavy atom. The molecule has 0 aromatic carbocycles. The molecule has 1 aliphatic rings. The van der Waals surface area contributed by atoms with Gasteiger partial charge in [-0.05, 0) is 37.3 Å². The molecule has 5 N–H and O–H groups in total. The Morgan fingerprint density at radius 3 is 2.58 bits per heavy atom. The third-order valence-corrected chi connectivity index (χ3v) is 4.46. The molecule has 8 heteroatoms. The fraction of sp³-hybridized carbons (Fsp3) is 0.500. The quantitative estimate of drug-likeness (QED) is 0.720. The molecule has 3 rings (SSSR count). The molecule has 0 aliphatic carbocycles. The number of piperidine rings is 1. The van der Waals surface area contributed by atoms with Crippen molar-refractivity contribution in [1.29, 1.82) is 5.41 Å². The molecule has 3 heterocycles. The van der Waals surface area contributed by atoms with E-state index >= 15 is 0 Å². The maximum Gasteiger partial charge on any atom is 0.241 e. The van der Waals surface area contributed by atoms with Gasteiger partial charge in [0.25, 0.3) is 0 Å². The number of nitrogens with two attached hydrogens (primary N) is 2. The lowest BCUT2D eigenvalue weighted by molar-refractivity contribution is 0.491. The lowest BCUT2D eigenvalue weighted by Crippen LogP contribution is -2.36. The number of aromatic nitrogens is 4. The molecule has 128 valence electrons. The van der Waals surface area contributed by atoms with E-state index in [0.29, 0.717) is 5.92 Å². The summed E-state index contributed by atoms with van der Waals surface area (Å²) in [7, 11) is 0. The van der Waals surface area contributed by atoms with E-state index < -0.39 is 0 Å². The average molecular weight is 328 g/mol. The number of nitrogen functional groups attached to an aromatic ring is 2. The summed E-state index contributed by atoms with van der Waals surface area (Å²) >= 11 is 0. The van der Waals surface area contributed by atoms with Crippen LogP contribution in [0.15, 0.2) is 18.3 Å². The van der Waals surface area contributed by atoms with Crippen LogP contribution in [0.4, 0.5) is 17.7 Å². The van der Waals surface area contributed by atoms with Crippen LogP contribution in [0.3, 0.4) is 0 Å². The molecule has 24 heavy (non-hydrogen) atoms. The first-order valence-corrected chi connectivity index (χ1v) is 8.35. The molecule has 0 unspecified atom stereocenters. The smallest absolute Gasteiger partial charge is 0.241 e. The van der Waals surface area contributed by atoms with Crippen molar-refractivity contribution in [3.05, 3.63) is 18.3 Å². The van der Waals surface area contributed by atoms with E-state index in [2.05, 4.69) is 26.9 Å². The zero-order valence-electron chi connectivity index (χ0n) is 13.9. The van der Waals surface area contributed by atoms with E-state index in [4.69, 9.17) is 16.9 Å². The lowest BCUT2D eigenvalue weighted by atomic mass is 9.90. The average Bonchev–Trinajstić information content (AvgIpc) is 2.94. The van der Waals surface area contributed by atoms with E-state index in [9.17, 15) is 0 Å². The first-order chi connectivity index (χ1) is 11.6. The van der Waals surface area contributed by atoms with Crippen molar-refractivity contribution < 1.29 is 0 Å². The third-order valence-electron chi connectivity index (χ3n) is 4.46. The van der Waals surface area contributed by atoms with Crippen molar-refractivity contribution in [3.63, 3.8) is 0 Å². The van der Waals surface area contributed by atoms with Gasteiger partial charge in [-0.15, -0.1) is 5.10 Å². The minimum atomic E-state index is 0.146. The highest BCUT2D eigenvalue weighted by molar-refractivity contribution is 5.84. The van der Waals surface area contributed by atoms with Crippen molar-refractivity contribution in [3.8, 4) is 5.69 Å². The third kappa shape index (κ3) is 3.32. The molecule has 1 saturated heterocycles. The van der Waals surface area contributed by atoms with Crippen LogP contribution in [0.25, 0.3) is 5.69 Å². The minimum absolute atomic E-state index is 0.146.